The Labute approximate surface area is 235 Å². The van der Waals surface area contributed by atoms with E-state index >= 15 is 0 Å². The number of ether oxygens (including phenoxy) is 3. The molecule has 1 N–H and O–H groups in total. The Morgan fingerprint density at radius 1 is 1.05 bits per heavy atom. The summed E-state index contributed by atoms with van der Waals surface area (Å²) in [5.74, 6) is 1.54. The molecule has 2 amide bonds. The number of hydrogen-bond donors (Lipinski definition) is 1. The smallest absolute Gasteiger partial charge is 0.410 e. The van der Waals surface area contributed by atoms with Crippen LogP contribution in [0.5, 0.6) is 0 Å². The van der Waals surface area contributed by atoms with Gasteiger partial charge in [-0.05, 0) is 45.6 Å². The summed E-state index contributed by atoms with van der Waals surface area (Å²) >= 11 is 0. The largest absolute Gasteiger partial charge is 0.445 e. The molecule has 40 heavy (non-hydrogen) atoms. The van der Waals surface area contributed by atoms with Gasteiger partial charge in [-0.2, -0.15) is 4.98 Å². The van der Waals surface area contributed by atoms with Crippen LogP contribution in [0.1, 0.15) is 50.4 Å². The summed E-state index contributed by atoms with van der Waals surface area (Å²) in [7, 11) is 0. The van der Waals surface area contributed by atoms with Crippen molar-refractivity contribution in [3.8, 4) is 0 Å². The Hall–Kier alpha value is -3.60. The molecule has 3 aliphatic heterocycles. The summed E-state index contributed by atoms with van der Waals surface area (Å²) in [5, 5.41) is 3.05. The van der Waals surface area contributed by atoms with Gasteiger partial charge in [-0.25, -0.2) is 14.6 Å². The number of nitrogens with one attached hydrogen (secondary N) is 1. The molecule has 0 unspecified atom stereocenters. The number of amides is 2. The van der Waals surface area contributed by atoms with E-state index in [9.17, 15) is 9.59 Å². The third-order valence-corrected chi connectivity index (χ3v) is 7.23. The summed E-state index contributed by atoms with van der Waals surface area (Å²) < 4.78 is 16.7. The zero-order valence-electron chi connectivity index (χ0n) is 23.7. The van der Waals surface area contributed by atoms with E-state index in [1.165, 1.54) is 0 Å². The summed E-state index contributed by atoms with van der Waals surface area (Å²) in [4.78, 5) is 41.5. The molecule has 4 heterocycles. The molecule has 0 bridgehead atoms. The molecule has 3 aliphatic rings. The first-order valence-corrected chi connectivity index (χ1v) is 14.2. The van der Waals surface area contributed by atoms with Crippen molar-refractivity contribution in [2.24, 2.45) is 0 Å². The first-order chi connectivity index (χ1) is 19.2. The van der Waals surface area contributed by atoms with Gasteiger partial charge < -0.3 is 34.2 Å². The quantitative estimate of drug-likeness (QED) is 0.596. The lowest BCUT2D eigenvalue weighted by atomic mass is 10.0. The number of nitrogens with zero attached hydrogens (tertiary/aromatic N) is 5. The highest BCUT2D eigenvalue weighted by Gasteiger charge is 2.32. The second-order valence-electron chi connectivity index (χ2n) is 11.5. The van der Waals surface area contributed by atoms with Crippen LogP contribution in [-0.4, -0.2) is 84.6 Å². The Balaban J connectivity index is 1.32. The molecule has 2 aromatic rings. The molecular weight excluding hydrogens is 512 g/mol. The minimum Gasteiger partial charge on any atom is -0.445 e. The average Bonchev–Trinajstić information content (AvgIpc) is 2.95. The molecular formula is C29H40N6O5. The standard InChI is InChI=1S/C29H40N6O5/c1-29(2,3)40-28(37)35-13-11-23-24(19-35)31-26(33-14-16-38-17-15-33)32-25(23)34-12-7-10-22(18-34)30-27(36)39-20-21-8-5-4-6-9-21/h4-6,8-9,22H,7,10-20H2,1-3H3,(H,30,36)/t22-/m1/s1. The van der Waals surface area contributed by atoms with Gasteiger partial charge >= 0.3 is 12.2 Å². The maximum atomic E-state index is 12.9. The molecule has 0 aliphatic carbocycles. The maximum Gasteiger partial charge on any atom is 0.410 e. The van der Waals surface area contributed by atoms with E-state index in [1.807, 2.05) is 51.1 Å². The van der Waals surface area contributed by atoms with Crippen LogP contribution in [0.3, 0.4) is 0 Å². The molecule has 11 heteroatoms. The lowest BCUT2D eigenvalue weighted by Gasteiger charge is -2.38. The van der Waals surface area contributed by atoms with Gasteiger partial charge in [0.2, 0.25) is 5.95 Å². The number of carbonyl (C=O) groups is 2. The maximum absolute atomic E-state index is 12.9. The Bertz CT molecular complexity index is 1180. The fourth-order valence-electron chi connectivity index (χ4n) is 5.27. The highest BCUT2D eigenvalue weighted by atomic mass is 16.6. The van der Waals surface area contributed by atoms with Crippen molar-refractivity contribution in [2.75, 3.05) is 55.7 Å². The molecule has 1 aromatic carbocycles. The third-order valence-electron chi connectivity index (χ3n) is 7.23. The molecule has 0 radical (unpaired) electrons. The molecule has 11 nitrogen and oxygen atoms in total. The van der Waals surface area contributed by atoms with Crippen LogP contribution < -0.4 is 15.1 Å². The molecule has 5 rings (SSSR count). The predicted molar refractivity (Wildman–Crippen MR) is 150 cm³/mol. The SMILES string of the molecule is CC(C)(C)OC(=O)N1CCc2c(nc(N3CCOCC3)nc2N2CCC[C@@H](NC(=O)OCc3ccccc3)C2)C1. The molecule has 2 saturated heterocycles. The zero-order valence-corrected chi connectivity index (χ0v) is 23.7. The molecule has 1 aromatic heterocycles. The minimum absolute atomic E-state index is 0.0590. The monoisotopic (exact) mass is 552 g/mol. The van der Waals surface area contributed by atoms with Gasteiger partial charge in [0.15, 0.2) is 0 Å². The lowest BCUT2D eigenvalue weighted by Crippen LogP contribution is -2.49. The summed E-state index contributed by atoms with van der Waals surface area (Å²) in [6.07, 6.45) is 1.68. The van der Waals surface area contributed by atoms with Crippen molar-refractivity contribution >= 4 is 24.0 Å². The number of benzene rings is 1. The average molecular weight is 553 g/mol. The van der Waals surface area contributed by atoms with Crippen LogP contribution >= 0.6 is 0 Å². The topological polar surface area (TPSA) is 109 Å². The van der Waals surface area contributed by atoms with Crippen molar-refractivity contribution in [3.63, 3.8) is 0 Å². The normalized spacial score (nSPS) is 19.6. The Morgan fingerprint density at radius 2 is 1.82 bits per heavy atom. The van der Waals surface area contributed by atoms with E-state index in [-0.39, 0.29) is 18.7 Å². The molecule has 0 saturated carbocycles. The van der Waals surface area contributed by atoms with Crippen LogP contribution in [-0.2, 0) is 33.8 Å². The van der Waals surface area contributed by atoms with E-state index in [4.69, 9.17) is 24.2 Å². The third kappa shape index (κ3) is 7.12. The highest BCUT2D eigenvalue weighted by Crippen LogP contribution is 2.31. The number of alkyl carbamates (subject to hydrolysis) is 1. The highest BCUT2D eigenvalue weighted by molar-refractivity contribution is 5.69. The van der Waals surface area contributed by atoms with Crippen molar-refractivity contribution in [2.45, 2.75) is 64.8 Å². The van der Waals surface area contributed by atoms with Crippen LogP contribution in [0.15, 0.2) is 30.3 Å². The number of carbonyl (C=O) groups excluding carboxylic acids is 2. The van der Waals surface area contributed by atoms with E-state index in [0.29, 0.717) is 58.3 Å². The second kappa shape index (κ2) is 12.3. The first kappa shape index (κ1) is 27.9. The summed E-state index contributed by atoms with van der Waals surface area (Å²) in [6, 6.07) is 9.60. The number of anilines is 2. The van der Waals surface area contributed by atoms with Crippen LogP contribution in [0.2, 0.25) is 0 Å². The first-order valence-electron chi connectivity index (χ1n) is 14.2. The van der Waals surface area contributed by atoms with Crippen LogP contribution in [0.4, 0.5) is 21.4 Å². The van der Waals surface area contributed by atoms with Crippen molar-refractivity contribution in [3.05, 3.63) is 47.2 Å². The van der Waals surface area contributed by atoms with Crippen molar-refractivity contribution in [1.82, 2.24) is 20.2 Å². The summed E-state index contributed by atoms with van der Waals surface area (Å²) in [6.45, 7) is 10.9. The number of hydrogen-bond acceptors (Lipinski definition) is 9. The Morgan fingerprint density at radius 3 is 2.58 bits per heavy atom. The van der Waals surface area contributed by atoms with Gasteiger partial charge in [0.1, 0.15) is 18.0 Å². The van der Waals surface area contributed by atoms with E-state index in [2.05, 4.69) is 15.1 Å². The molecule has 1 atom stereocenters. The number of morpholine rings is 1. The Kier molecular flexibility index (Phi) is 8.58. The minimum atomic E-state index is -0.564. The van der Waals surface area contributed by atoms with Gasteiger partial charge in [0.25, 0.3) is 0 Å². The van der Waals surface area contributed by atoms with Crippen molar-refractivity contribution < 1.29 is 23.8 Å². The van der Waals surface area contributed by atoms with Gasteiger partial charge in [-0.1, -0.05) is 30.3 Å². The number of rotatable bonds is 5. The zero-order chi connectivity index (χ0) is 28.1. The van der Waals surface area contributed by atoms with Crippen LogP contribution in [0.25, 0.3) is 0 Å². The van der Waals surface area contributed by atoms with E-state index in [0.717, 1.165) is 42.0 Å². The molecule has 2 fully saturated rings. The molecule has 0 spiro atoms. The van der Waals surface area contributed by atoms with Gasteiger partial charge in [0, 0.05) is 44.3 Å². The van der Waals surface area contributed by atoms with E-state index < -0.39 is 11.7 Å². The van der Waals surface area contributed by atoms with Gasteiger partial charge in [0.05, 0.1) is 25.5 Å². The lowest BCUT2D eigenvalue weighted by molar-refractivity contribution is 0.0220. The fourth-order valence-corrected chi connectivity index (χ4v) is 5.27. The number of aromatic nitrogens is 2. The van der Waals surface area contributed by atoms with Gasteiger partial charge in [-0.3, -0.25) is 0 Å². The number of fused-ring (bicyclic) bond motifs is 1. The fraction of sp³-hybridized carbons (Fsp3) is 0.586. The number of piperidine rings is 1. The van der Waals surface area contributed by atoms with E-state index in [1.54, 1.807) is 4.90 Å². The second-order valence-corrected chi connectivity index (χ2v) is 11.5. The molecule has 216 valence electrons. The van der Waals surface area contributed by atoms with Crippen LogP contribution in [0, 0.1) is 0 Å². The predicted octanol–water partition coefficient (Wildman–Crippen LogP) is 3.50. The van der Waals surface area contributed by atoms with Crippen molar-refractivity contribution in [1.29, 1.82) is 0 Å². The summed E-state index contributed by atoms with van der Waals surface area (Å²) in [5.41, 5.74) is 2.29. The van der Waals surface area contributed by atoms with Gasteiger partial charge in [-0.15, -0.1) is 0 Å².